The van der Waals surface area contributed by atoms with Crippen molar-refractivity contribution in [2.75, 3.05) is 40.0 Å². The van der Waals surface area contributed by atoms with Gasteiger partial charge < -0.3 is 14.8 Å². The highest BCUT2D eigenvalue weighted by atomic mass is 19.1. The van der Waals surface area contributed by atoms with Gasteiger partial charge in [-0.1, -0.05) is 12.1 Å². The molecule has 162 valence electrons. The summed E-state index contributed by atoms with van der Waals surface area (Å²) in [5.41, 5.74) is 2.94. The smallest absolute Gasteiger partial charge is 0.253 e. The SMILES string of the molecule is COc1ccc2cc(C(=O)NC[C@H](c3ccc(F)cc3)N3CCOCC3)c(C)nc2c1. The number of fused-ring (bicyclic) bond motifs is 1. The van der Waals surface area contributed by atoms with Crippen molar-refractivity contribution in [3.8, 4) is 5.75 Å². The van der Waals surface area contributed by atoms with Crippen LogP contribution in [0.5, 0.6) is 5.75 Å². The lowest BCUT2D eigenvalue weighted by atomic mass is 10.0. The predicted molar refractivity (Wildman–Crippen MR) is 117 cm³/mol. The fraction of sp³-hybridized carbons (Fsp3) is 0.333. The molecule has 6 nitrogen and oxygen atoms in total. The molecule has 0 radical (unpaired) electrons. The molecule has 4 rings (SSSR count). The number of morpholine rings is 1. The lowest BCUT2D eigenvalue weighted by Crippen LogP contribution is -2.43. The minimum atomic E-state index is -0.275. The Bertz CT molecular complexity index is 1070. The molecular formula is C24H26FN3O3. The summed E-state index contributed by atoms with van der Waals surface area (Å²) >= 11 is 0. The summed E-state index contributed by atoms with van der Waals surface area (Å²) in [4.78, 5) is 19.9. The molecule has 1 fully saturated rings. The average Bonchev–Trinajstić information content (AvgIpc) is 2.80. The van der Waals surface area contributed by atoms with E-state index in [9.17, 15) is 9.18 Å². The summed E-state index contributed by atoms with van der Waals surface area (Å²) in [6.07, 6.45) is 0. The van der Waals surface area contributed by atoms with Crippen LogP contribution in [0.1, 0.15) is 27.7 Å². The fourth-order valence-corrected chi connectivity index (χ4v) is 3.92. The summed E-state index contributed by atoms with van der Waals surface area (Å²) in [6, 6.07) is 13.9. The fourth-order valence-electron chi connectivity index (χ4n) is 3.92. The number of nitrogens with one attached hydrogen (secondary N) is 1. The summed E-state index contributed by atoms with van der Waals surface area (Å²) in [5.74, 6) is 0.273. The van der Waals surface area contributed by atoms with Crippen molar-refractivity contribution < 1.29 is 18.7 Å². The first-order valence-corrected chi connectivity index (χ1v) is 10.4. The second-order valence-corrected chi connectivity index (χ2v) is 7.61. The number of halogens is 1. The molecule has 0 unspecified atom stereocenters. The van der Waals surface area contributed by atoms with Crippen LogP contribution in [0.2, 0.25) is 0 Å². The summed E-state index contributed by atoms with van der Waals surface area (Å²) < 4.78 is 24.2. The van der Waals surface area contributed by atoms with Crippen LogP contribution in [0.4, 0.5) is 4.39 Å². The number of methoxy groups -OCH3 is 1. The Morgan fingerprint density at radius 2 is 1.94 bits per heavy atom. The molecule has 0 saturated carbocycles. The van der Waals surface area contributed by atoms with Crippen LogP contribution in [0.3, 0.4) is 0 Å². The zero-order chi connectivity index (χ0) is 21.8. The molecule has 31 heavy (non-hydrogen) atoms. The van der Waals surface area contributed by atoms with Crippen LogP contribution in [0.25, 0.3) is 10.9 Å². The molecule has 1 amide bonds. The number of ether oxygens (including phenoxy) is 2. The van der Waals surface area contributed by atoms with Gasteiger partial charge in [0, 0.05) is 31.1 Å². The van der Waals surface area contributed by atoms with Crippen LogP contribution in [0, 0.1) is 12.7 Å². The quantitative estimate of drug-likeness (QED) is 0.658. The lowest BCUT2D eigenvalue weighted by Gasteiger charge is -2.35. The van der Waals surface area contributed by atoms with E-state index in [1.807, 2.05) is 31.2 Å². The molecular weight excluding hydrogens is 397 g/mol. The highest BCUT2D eigenvalue weighted by molar-refractivity contribution is 5.98. The van der Waals surface area contributed by atoms with Gasteiger partial charge in [-0.15, -0.1) is 0 Å². The monoisotopic (exact) mass is 423 g/mol. The summed E-state index contributed by atoms with van der Waals surface area (Å²) in [6.45, 7) is 5.04. The molecule has 3 aromatic rings. The van der Waals surface area contributed by atoms with Gasteiger partial charge in [-0.05, 0) is 42.8 Å². The first-order chi connectivity index (χ1) is 15.0. The van der Waals surface area contributed by atoms with Crippen LogP contribution >= 0.6 is 0 Å². The number of rotatable bonds is 6. The molecule has 0 spiro atoms. The van der Waals surface area contributed by atoms with Crippen molar-refractivity contribution in [1.82, 2.24) is 15.2 Å². The molecule has 0 aliphatic carbocycles. The third-order valence-corrected chi connectivity index (χ3v) is 5.66. The van der Waals surface area contributed by atoms with Gasteiger partial charge >= 0.3 is 0 Å². The van der Waals surface area contributed by atoms with E-state index in [0.29, 0.717) is 31.0 Å². The third kappa shape index (κ3) is 4.84. The highest BCUT2D eigenvalue weighted by Crippen LogP contribution is 2.24. The number of hydrogen-bond donors (Lipinski definition) is 1. The Morgan fingerprint density at radius 3 is 2.65 bits per heavy atom. The van der Waals surface area contributed by atoms with Gasteiger partial charge in [0.15, 0.2) is 0 Å². The van der Waals surface area contributed by atoms with E-state index in [4.69, 9.17) is 9.47 Å². The largest absolute Gasteiger partial charge is 0.497 e. The van der Waals surface area contributed by atoms with E-state index < -0.39 is 0 Å². The number of carbonyl (C=O) groups is 1. The molecule has 2 aromatic carbocycles. The summed E-state index contributed by atoms with van der Waals surface area (Å²) in [7, 11) is 1.61. The Kier molecular flexibility index (Phi) is 6.44. The van der Waals surface area contributed by atoms with E-state index in [-0.39, 0.29) is 17.8 Å². The second kappa shape index (κ2) is 9.41. The van der Waals surface area contributed by atoms with E-state index in [1.54, 1.807) is 19.2 Å². The number of pyridine rings is 1. The number of nitrogens with zero attached hydrogens (tertiary/aromatic N) is 2. The lowest BCUT2D eigenvalue weighted by molar-refractivity contribution is 0.0162. The van der Waals surface area contributed by atoms with Crippen molar-refractivity contribution in [1.29, 1.82) is 0 Å². The molecule has 1 atom stereocenters. The Hall–Kier alpha value is -3.03. The standard InChI is InChI=1S/C24H26FN3O3/c1-16-21(13-18-5-8-20(30-2)14-22(18)27-16)24(29)26-15-23(28-9-11-31-12-10-28)17-3-6-19(25)7-4-17/h3-8,13-14,23H,9-12,15H2,1-2H3,(H,26,29)/t23-/m1/s1. The maximum atomic E-state index is 13.4. The summed E-state index contributed by atoms with van der Waals surface area (Å²) in [5, 5.41) is 3.93. The first kappa shape index (κ1) is 21.2. The minimum Gasteiger partial charge on any atom is -0.497 e. The topological polar surface area (TPSA) is 63.7 Å². The molecule has 1 aliphatic heterocycles. The van der Waals surface area contributed by atoms with Crippen LogP contribution in [-0.4, -0.2) is 55.7 Å². The zero-order valence-corrected chi connectivity index (χ0v) is 17.7. The average molecular weight is 423 g/mol. The number of aromatic nitrogens is 1. The Balaban J connectivity index is 1.54. The molecule has 2 heterocycles. The number of hydrogen-bond acceptors (Lipinski definition) is 5. The van der Waals surface area contributed by atoms with E-state index in [2.05, 4.69) is 15.2 Å². The molecule has 0 bridgehead atoms. The van der Waals surface area contributed by atoms with Gasteiger partial charge in [0.05, 0.1) is 43.1 Å². The number of amides is 1. The maximum absolute atomic E-state index is 13.4. The second-order valence-electron chi connectivity index (χ2n) is 7.61. The Labute approximate surface area is 181 Å². The number of benzene rings is 2. The Morgan fingerprint density at radius 1 is 1.19 bits per heavy atom. The van der Waals surface area contributed by atoms with E-state index in [1.165, 1.54) is 12.1 Å². The molecule has 1 aromatic heterocycles. The first-order valence-electron chi connectivity index (χ1n) is 10.4. The van der Waals surface area contributed by atoms with Crippen molar-refractivity contribution in [3.05, 3.63) is 71.2 Å². The van der Waals surface area contributed by atoms with Gasteiger partial charge in [-0.3, -0.25) is 14.7 Å². The normalized spacial score (nSPS) is 15.6. The van der Waals surface area contributed by atoms with Gasteiger partial charge in [-0.25, -0.2) is 4.39 Å². The van der Waals surface area contributed by atoms with Gasteiger partial charge in [0.1, 0.15) is 11.6 Å². The maximum Gasteiger partial charge on any atom is 0.253 e. The molecule has 1 N–H and O–H groups in total. The number of aryl methyl sites for hydroxylation is 1. The van der Waals surface area contributed by atoms with Crippen molar-refractivity contribution in [2.24, 2.45) is 0 Å². The van der Waals surface area contributed by atoms with Crippen molar-refractivity contribution >= 4 is 16.8 Å². The third-order valence-electron chi connectivity index (χ3n) is 5.66. The van der Waals surface area contributed by atoms with Crippen LogP contribution in [0.15, 0.2) is 48.5 Å². The minimum absolute atomic E-state index is 0.0635. The van der Waals surface area contributed by atoms with Gasteiger partial charge in [0.25, 0.3) is 5.91 Å². The van der Waals surface area contributed by atoms with Crippen molar-refractivity contribution in [3.63, 3.8) is 0 Å². The van der Waals surface area contributed by atoms with Crippen molar-refractivity contribution in [2.45, 2.75) is 13.0 Å². The predicted octanol–water partition coefficient (Wildman–Crippen LogP) is 3.49. The van der Waals surface area contributed by atoms with Crippen LogP contribution < -0.4 is 10.1 Å². The van der Waals surface area contributed by atoms with Crippen LogP contribution in [-0.2, 0) is 4.74 Å². The molecule has 1 saturated heterocycles. The molecule has 1 aliphatic rings. The zero-order valence-electron chi connectivity index (χ0n) is 17.7. The highest BCUT2D eigenvalue weighted by Gasteiger charge is 2.24. The molecule has 7 heteroatoms. The van der Waals surface area contributed by atoms with E-state index >= 15 is 0 Å². The van der Waals surface area contributed by atoms with Gasteiger partial charge in [0.2, 0.25) is 0 Å². The van der Waals surface area contributed by atoms with E-state index in [0.717, 1.165) is 35.3 Å². The number of carbonyl (C=O) groups excluding carboxylic acids is 1. The van der Waals surface area contributed by atoms with Gasteiger partial charge in [-0.2, -0.15) is 0 Å².